The molecule has 0 saturated heterocycles. The number of aryl methyl sites for hydroxylation is 1. The molecule has 0 saturated carbocycles. The number of fused-ring (bicyclic) bond motifs is 1. The van der Waals surface area contributed by atoms with Gasteiger partial charge in [0, 0.05) is 42.2 Å². The summed E-state index contributed by atoms with van der Waals surface area (Å²) in [6.45, 7) is 0. The van der Waals surface area contributed by atoms with Crippen molar-refractivity contribution in [2.75, 3.05) is 20.5 Å². The summed E-state index contributed by atoms with van der Waals surface area (Å²) < 4.78 is 36.5. The van der Waals surface area contributed by atoms with E-state index in [2.05, 4.69) is 4.98 Å². The van der Waals surface area contributed by atoms with Crippen molar-refractivity contribution in [3.63, 3.8) is 0 Å². The summed E-state index contributed by atoms with van der Waals surface area (Å²) in [4.78, 5) is 4.47. The molecule has 0 unspecified atom stereocenters. The van der Waals surface area contributed by atoms with E-state index in [1.165, 1.54) is 6.26 Å². The number of hydrogen-bond acceptors (Lipinski definition) is 5. The van der Waals surface area contributed by atoms with E-state index in [4.69, 9.17) is 9.47 Å². The van der Waals surface area contributed by atoms with E-state index in [0.717, 1.165) is 16.5 Å². The molecule has 6 nitrogen and oxygen atoms in total. The number of nitrogens with zero attached hydrogens (tertiary/aromatic N) is 2. The third kappa shape index (κ3) is 3.55. The Morgan fingerprint density at radius 3 is 2.40 bits per heavy atom. The molecule has 0 spiro atoms. The Morgan fingerprint density at radius 1 is 1.08 bits per heavy atom. The van der Waals surface area contributed by atoms with Crippen LogP contribution in [-0.2, 0) is 16.9 Å². The first-order valence-electron chi connectivity index (χ1n) is 7.23. The van der Waals surface area contributed by atoms with Crippen LogP contribution in [0.25, 0.3) is 22.0 Å². The van der Waals surface area contributed by atoms with Crippen molar-refractivity contribution in [3.8, 4) is 22.8 Å². The molecule has 0 aliphatic carbocycles. The van der Waals surface area contributed by atoms with Crippen LogP contribution >= 0.6 is 0 Å². The van der Waals surface area contributed by atoms with Gasteiger partial charge in [-0.1, -0.05) is 0 Å². The molecule has 0 aliphatic rings. The third-order valence-corrected chi connectivity index (χ3v) is 5.05. The minimum absolute atomic E-state index is 0. The predicted molar refractivity (Wildman–Crippen MR) is 99.5 cm³/mol. The number of rotatable bonds is 4. The molecule has 2 aromatic heterocycles. The summed E-state index contributed by atoms with van der Waals surface area (Å²) >= 11 is 0. The van der Waals surface area contributed by atoms with E-state index < -0.39 is 9.84 Å². The molecule has 3 aromatic rings. The number of aromatic nitrogens is 2. The molecule has 0 N–H and O–H groups in total. The molecule has 25 heavy (non-hydrogen) atoms. The van der Waals surface area contributed by atoms with Crippen LogP contribution in [0.5, 0.6) is 11.6 Å². The average Bonchev–Trinajstić information content (AvgIpc) is 2.90. The zero-order valence-electron chi connectivity index (χ0n) is 13.9. The van der Waals surface area contributed by atoms with Crippen molar-refractivity contribution in [3.05, 3.63) is 36.7 Å². The van der Waals surface area contributed by atoms with Crippen molar-refractivity contribution in [2.24, 2.45) is 7.05 Å². The molecule has 0 fully saturated rings. The number of ether oxygens (including phenoxy) is 2. The summed E-state index contributed by atoms with van der Waals surface area (Å²) in [5.41, 5.74) is 2.40. The van der Waals surface area contributed by atoms with E-state index in [-0.39, 0.29) is 34.5 Å². The zero-order valence-corrected chi connectivity index (χ0v) is 14.7. The Morgan fingerprint density at radius 2 is 1.80 bits per heavy atom. The molecule has 2 heterocycles. The third-order valence-electron chi connectivity index (χ3n) is 3.94. The maximum absolute atomic E-state index is 11.9. The van der Waals surface area contributed by atoms with Crippen LogP contribution in [0.15, 0.2) is 41.6 Å². The zero-order chi connectivity index (χ0) is 17.5. The SMILES string of the molecule is COc1ccc(S(C)(=O)=O)cc1-c1cn(C)c2c(OC)nccc12.[NaH]. The van der Waals surface area contributed by atoms with Crippen molar-refractivity contribution in [1.82, 2.24) is 9.55 Å². The second-order valence-electron chi connectivity index (χ2n) is 5.50. The fraction of sp³-hybridized carbons (Fsp3) is 0.235. The van der Waals surface area contributed by atoms with Gasteiger partial charge < -0.3 is 14.0 Å². The monoisotopic (exact) mass is 370 g/mol. The van der Waals surface area contributed by atoms with Crippen LogP contribution in [0, 0.1) is 0 Å². The van der Waals surface area contributed by atoms with Gasteiger partial charge in [-0.2, -0.15) is 0 Å². The molecule has 0 radical (unpaired) electrons. The van der Waals surface area contributed by atoms with Crippen LogP contribution in [0.2, 0.25) is 0 Å². The summed E-state index contributed by atoms with van der Waals surface area (Å²) in [6.07, 6.45) is 4.77. The maximum atomic E-state index is 11.9. The van der Waals surface area contributed by atoms with Crippen molar-refractivity contribution in [2.45, 2.75) is 4.90 Å². The molecule has 128 valence electrons. The average molecular weight is 370 g/mol. The molecule has 3 rings (SSSR count). The van der Waals surface area contributed by atoms with Crippen LogP contribution in [0.4, 0.5) is 0 Å². The van der Waals surface area contributed by atoms with Gasteiger partial charge in [0.05, 0.1) is 19.1 Å². The minimum atomic E-state index is -3.32. The van der Waals surface area contributed by atoms with Gasteiger partial charge in [-0.3, -0.25) is 0 Å². The Kier molecular flexibility index (Phi) is 5.83. The van der Waals surface area contributed by atoms with Crippen LogP contribution in [-0.4, -0.2) is 68.0 Å². The second kappa shape index (κ2) is 7.37. The van der Waals surface area contributed by atoms with Gasteiger partial charge in [0.2, 0.25) is 5.88 Å². The first-order chi connectivity index (χ1) is 11.4. The van der Waals surface area contributed by atoms with E-state index >= 15 is 0 Å². The normalized spacial score (nSPS) is 11.2. The second-order valence-corrected chi connectivity index (χ2v) is 7.52. The Balaban J connectivity index is 0.00000225. The topological polar surface area (TPSA) is 70.4 Å². The van der Waals surface area contributed by atoms with E-state index in [1.54, 1.807) is 38.6 Å². The molecule has 0 amide bonds. The van der Waals surface area contributed by atoms with Crippen molar-refractivity contribution < 1.29 is 17.9 Å². The van der Waals surface area contributed by atoms with Gasteiger partial charge >= 0.3 is 29.6 Å². The number of benzene rings is 1. The van der Waals surface area contributed by atoms with Crippen LogP contribution in [0.3, 0.4) is 0 Å². The van der Waals surface area contributed by atoms with Gasteiger partial charge in [-0.25, -0.2) is 13.4 Å². The summed E-state index contributed by atoms with van der Waals surface area (Å²) in [6, 6.07) is 6.73. The summed E-state index contributed by atoms with van der Waals surface area (Å²) in [5.74, 6) is 1.12. The first-order valence-corrected chi connectivity index (χ1v) is 9.12. The van der Waals surface area contributed by atoms with E-state index in [1.807, 2.05) is 23.9 Å². The van der Waals surface area contributed by atoms with Gasteiger partial charge in [0.1, 0.15) is 11.3 Å². The van der Waals surface area contributed by atoms with Gasteiger partial charge in [0.25, 0.3) is 0 Å². The molecule has 0 bridgehead atoms. The molecule has 1 aromatic carbocycles. The predicted octanol–water partition coefficient (Wildman–Crippen LogP) is 2.01. The molecule has 8 heteroatoms. The van der Waals surface area contributed by atoms with Gasteiger partial charge in [0.15, 0.2) is 9.84 Å². The standard InChI is InChI=1S/C17H18N2O4S.Na.H/c1-19-10-14(12-7-8-18-17(23-3)16(12)19)13-9-11(24(4,20)21)5-6-15(13)22-2;;/h5-10H,1-4H3;;. The van der Waals surface area contributed by atoms with Crippen molar-refractivity contribution >= 4 is 50.3 Å². The Labute approximate surface area is 169 Å². The number of sulfone groups is 1. The summed E-state index contributed by atoms with van der Waals surface area (Å²) in [7, 11) is 1.71. The molecular formula is C17H19N2NaO4S. The fourth-order valence-electron chi connectivity index (χ4n) is 2.81. The number of methoxy groups -OCH3 is 2. The Hall–Kier alpha value is -1.54. The Bertz CT molecular complexity index is 1030. The van der Waals surface area contributed by atoms with Gasteiger partial charge in [-0.15, -0.1) is 0 Å². The summed E-state index contributed by atoms with van der Waals surface area (Å²) in [5, 5.41) is 0.910. The number of hydrogen-bond donors (Lipinski definition) is 0. The fourth-order valence-corrected chi connectivity index (χ4v) is 3.46. The van der Waals surface area contributed by atoms with Crippen molar-refractivity contribution in [1.29, 1.82) is 0 Å². The number of pyridine rings is 1. The van der Waals surface area contributed by atoms with E-state index in [9.17, 15) is 8.42 Å². The molecule has 0 atom stereocenters. The quantitative estimate of drug-likeness (QED) is 0.657. The molecular weight excluding hydrogens is 351 g/mol. The molecule has 0 aliphatic heterocycles. The van der Waals surface area contributed by atoms with Crippen LogP contribution in [0.1, 0.15) is 0 Å². The van der Waals surface area contributed by atoms with Crippen LogP contribution < -0.4 is 9.47 Å². The first kappa shape index (κ1) is 19.8. The van der Waals surface area contributed by atoms with Gasteiger partial charge in [-0.05, 0) is 24.3 Å². The van der Waals surface area contributed by atoms with E-state index in [0.29, 0.717) is 17.2 Å².